The lowest BCUT2D eigenvalue weighted by molar-refractivity contribution is 0.100. The van der Waals surface area contributed by atoms with E-state index in [9.17, 15) is 4.79 Å². The fraction of sp³-hybridized carbons (Fsp3) is 0.364. The molecule has 2 rings (SSSR count). The van der Waals surface area contributed by atoms with Gasteiger partial charge in [-0.2, -0.15) is 0 Å². The van der Waals surface area contributed by atoms with Gasteiger partial charge in [0.1, 0.15) is 0 Å². The predicted octanol–water partition coefficient (Wildman–Crippen LogP) is 0.323. The van der Waals surface area contributed by atoms with E-state index < -0.39 is 0 Å². The van der Waals surface area contributed by atoms with Crippen molar-refractivity contribution < 1.29 is 4.79 Å². The summed E-state index contributed by atoms with van der Waals surface area (Å²) in [5.41, 5.74) is 12.6. The van der Waals surface area contributed by atoms with Gasteiger partial charge in [0.05, 0.1) is 0 Å². The summed E-state index contributed by atoms with van der Waals surface area (Å²) in [5.74, 6) is -0.389. The topological polar surface area (TPSA) is 72.4 Å². The molecule has 4 N–H and O–H groups in total. The van der Waals surface area contributed by atoms with Gasteiger partial charge < -0.3 is 16.4 Å². The number of carbonyl (C=O) groups is 1. The number of nitrogens with zero attached hydrogens (tertiary/aromatic N) is 1. The maximum Gasteiger partial charge on any atom is 0.248 e. The Morgan fingerprint density at radius 2 is 2.00 bits per heavy atom. The number of carbonyl (C=O) groups excluding carboxylic acids is 1. The second-order valence-electron chi connectivity index (χ2n) is 3.91. The van der Waals surface area contributed by atoms with Crippen molar-refractivity contribution in [2.24, 2.45) is 11.5 Å². The van der Waals surface area contributed by atoms with Crippen molar-refractivity contribution in [1.82, 2.24) is 0 Å². The van der Waals surface area contributed by atoms with Gasteiger partial charge in [0.25, 0.3) is 0 Å². The van der Waals surface area contributed by atoms with Crippen molar-refractivity contribution in [1.29, 1.82) is 0 Å². The highest BCUT2D eigenvalue weighted by atomic mass is 16.1. The Bertz CT molecular complexity index is 361. The lowest BCUT2D eigenvalue weighted by atomic mass is 10.2. The van der Waals surface area contributed by atoms with Gasteiger partial charge in [-0.05, 0) is 30.7 Å². The van der Waals surface area contributed by atoms with Crippen LogP contribution in [0, 0.1) is 0 Å². The minimum Gasteiger partial charge on any atom is -0.370 e. The van der Waals surface area contributed by atoms with Crippen LogP contribution in [0.4, 0.5) is 5.69 Å². The molecule has 1 aliphatic rings. The van der Waals surface area contributed by atoms with Gasteiger partial charge >= 0.3 is 0 Å². The molecule has 4 heteroatoms. The Morgan fingerprint density at radius 1 is 1.33 bits per heavy atom. The van der Waals surface area contributed by atoms with Crippen LogP contribution in [0.15, 0.2) is 24.3 Å². The second kappa shape index (κ2) is 3.90. The van der Waals surface area contributed by atoms with Crippen LogP contribution in [-0.4, -0.2) is 25.0 Å². The van der Waals surface area contributed by atoms with Gasteiger partial charge in [-0.1, -0.05) is 0 Å². The minimum absolute atomic E-state index is 0.265. The summed E-state index contributed by atoms with van der Waals surface area (Å²) in [6, 6.07) is 7.60. The lowest BCUT2D eigenvalue weighted by Crippen LogP contribution is -2.26. The molecule has 0 radical (unpaired) electrons. The van der Waals surface area contributed by atoms with Crippen LogP contribution in [0.2, 0.25) is 0 Å². The summed E-state index contributed by atoms with van der Waals surface area (Å²) in [5, 5.41) is 0. The van der Waals surface area contributed by atoms with Crippen LogP contribution in [0.3, 0.4) is 0 Å². The number of hydrogen-bond donors (Lipinski definition) is 2. The summed E-state index contributed by atoms with van der Waals surface area (Å²) in [6.45, 7) is 1.87. The number of hydrogen-bond acceptors (Lipinski definition) is 3. The monoisotopic (exact) mass is 205 g/mol. The van der Waals surface area contributed by atoms with Crippen molar-refractivity contribution >= 4 is 11.6 Å². The van der Waals surface area contributed by atoms with Gasteiger partial charge in [0, 0.05) is 30.4 Å². The van der Waals surface area contributed by atoms with E-state index in [2.05, 4.69) is 4.90 Å². The van der Waals surface area contributed by atoms with Crippen LogP contribution in [0.5, 0.6) is 0 Å². The summed E-state index contributed by atoms with van der Waals surface area (Å²) < 4.78 is 0. The van der Waals surface area contributed by atoms with E-state index in [-0.39, 0.29) is 11.9 Å². The van der Waals surface area contributed by atoms with Crippen LogP contribution in [0.1, 0.15) is 16.8 Å². The number of benzene rings is 1. The third kappa shape index (κ3) is 2.10. The van der Waals surface area contributed by atoms with Crippen molar-refractivity contribution in [3.8, 4) is 0 Å². The fourth-order valence-electron chi connectivity index (χ4n) is 1.86. The van der Waals surface area contributed by atoms with E-state index >= 15 is 0 Å². The van der Waals surface area contributed by atoms with E-state index in [1.54, 1.807) is 12.1 Å². The second-order valence-corrected chi connectivity index (χ2v) is 3.91. The molecule has 0 aliphatic carbocycles. The third-order valence-electron chi connectivity index (χ3n) is 2.74. The highest BCUT2D eigenvalue weighted by Crippen LogP contribution is 2.19. The molecule has 0 saturated carbocycles. The highest BCUT2D eigenvalue weighted by Gasteiger charge is 2.19. The third-order valence-corrected chi connectivity index (χ3v) is 2.74. The zero-order chi connectivity index (χ0) is 10.8. The Labute approximate surface area is 88.9 Å². The molecule has 0 bridgehead atoms. The van der Waals surface area contributed by atoms with Crippen molar-refractivity contribution in [3.05, 3.63) is 29.8 Å². The number of amides is 1. The SMILES string of the molecule is NC(=O)c1ccc(N2CCC(N)C2)cc1. The van der Waals surface area contributed by atoms with E-state index in [0.717, 1.165) is 25.2 Å². The first kappa shape index (κ1) is 9.98. The average Bonchev–Trinajstić information content (AvgIpc) is 2.65. The lowest BCUT2D eigenvalue weighted by Gasteiger charge is -2.17. The molecule has 1 saturated heterocycles. The van der Waals surface area contributed by atoms with Gasteiger partial charge in [0.2, 0.25) is 5.91 Å². The number of nitrogens with two attached hydrogens (primary N) is 2. The molecule has 1 aliphatic heterocycles. The van der Waals surface area contributed by atoms with E-state index in [1.807, 2.05) is 12.1 Å². The summed E-state index contributed by atoms with van der Waals surface area (Å²) in [6.07, 6.45) is 1.03. The highest BCUT2D eigenvalue weighted by molar-refractivity contribution is 5.93. The molecule has 1 unspecified atom stereocenters. The fourth-order valence-corrected chi connectivity index (χ4v) is 1.86. The van der Waals surface area contributed by atoms with Crippen LogP contribution in [0.25, 0.3) is 0 Å². The minimum atomic E-state index is -0.389. The summed E-state index contributed by atoms with van der Waals surface area (Å²) in [7, 11) is 0. The van der Waals surface area contributed by atoms with E-state index in [0.29, 0.717) is 5.56 Å². The first-order valence-electron chi connectivity index (χ1n) is 5.07. The summed E-state index contributed by atoms with van der Waals surface area (Å²) >= 11 is 0. The Kier molecular flexibility index (Phi) is 2.60. The van der Waals surface area contributed by atoms with Crippen molar-refractivity contribution in [3.63, 3.8) is 0 Å². The molecule has 4 nitrogen and oxygen atoms in total. The zero-order valence-electron chi connectivity index (χ0n) is 8.52. The molecule has 1 atom stereocenters. The zero-order valence-corrected chi connectivity index (χ0v) is 8.52. The Hall–Kier alpha value is -1.55. The molecule has 1 heterocycles. The normalized spacial score (nSPS) is 20.6. The average molecular weight is 205 g/mol. The van der Waals surface area contributed by atoms with Crippen LogP contribution >= 0.6 is 0 Å². The van der Waals surface area contributed by atoms with Gasteiger partial charge in [-0.15, -0.1) is 0 Å². The molecule has 1 aromatic carbocycles. The molecule has 15 heavy (non-hydrogen) atoms. The summed E-state index contributed by atoms with van der Waals surface area (Å²) in [4.78, 5) is 13.1. The first-order chi connectivity index (χ1) is 7.16. The largest absolute Gasteiger partial charge is 0.370 e. The maximum atomic E-state index is 10.9. The number of primary amides is 1. The standard InChI is InChI=1S/C11H15N3O/c12-9-5-6-14(7-9)10-3-1-8(2-4-10)11(13)15/h1-4,9H,5-7,12H2,(H2,13,15). The Balaban J connectivity index is 2.13. The molecular formula is C11H15N3O. The quantitative estimate of drug-likeness (QED) is 0.730. The van der Waals surface area contributed by atoms with Gasteiger partial charge in [-0.25, -0.2) is 0 Å². The maximum absolute atomic E-state index is 10.9. The van der Waals surface area contributed by atoms with Crippen LogP contribution in [-0.2, 0) is 0 Å². The number of anilines is 1. The Morgan fingerprint density at radius 3 is 2.47 bits per heavy atom. The molecule has 1 fully saturated rings. The van der Waals surface area contributed by atoms with Gasteiger partial charge in [0.15, 0.2) is 0 Å². The van der Waals surface area contributed by atoms with E-state index in [4.69, 9.17) is 11.5 Å². The smallest absolute Gasteiger partial charge is 0.248 e. The van der Waals surface area contributed by atoms with E-state index in [1.165, 1.54) is 0 Å². The molecule has 0 aromatic heterocycles. The molecule has 1 aromatic rings. The van der Waals surface area contributed by atoms with Crippen molar-refractivity contribution in [2.45, 2.75) is 12.5 Å². The molecular weight excluding hydrogens is 190 g/mol. The van der Waals surface area contributed by atoms with Crippen molar-refractivity contribution in [2.75, 3.05) is 18.0 Å². The predicted molar refractivity (Wildman–Crippen MR) is 59.8 cm³/mol. The van der Waals surface area contributed by atoms with Crippen LogP contribution < -0.4 is 16.4 Å². The first-order valence-corrected chi connectivity index (χ1v) is 5.07. The molecule has 0 spiro atoms. The molecule has 80 valence electrons. The molecule has 1 amide bonds. The van der Waals surface area contributed by atoms with Gasteiger partial charge in [-0.3, -0.25) is 4.79 Å². The number of rotatable bonds is 2.